The molecule has 4 atom stereocenters. The lowest BCUT2D eigenvalue weighted by molar-refractivity contribution is -0.127. The van der Waals surface area contributed by atoms with Gasteiger partial charge in [0.1, 0.15) is 0 Å². The van der Waals surface area contributed by atoms with E-state index < -0.39 is 0 Å². The van der Waals surface area contributed by atoms with Gasteiger partial charge in [-0.05, 0) is 45.7 Å². The number of hydrogen-bond donors (Lipinski definition) is 2. The first kappa shape index (κ1) is 11.9. The molecule has 0 radical (unpaired) electrons. The first-order valence-corrected chi connectivity index (χ1v) is 6.31. The average Bonchev–Trinajstić information content (AvgIpc) is 2.86. The van der Waals surface area contributed by atoms with Gasteiger partial charge in [0, 0.05) is 12.6 Å². The van der Waals surface area contributed by atoms with Crippen molar-refractivity contribution in [2.45, 2.75) is 38.8 Å². The summed E-state index contributed by atoms with van der Waals surface area (Å²) in [5.74, 6) is 0.808. The lowest BCUT2D eigenvalue weighted by Crippen LogP contribution is -2.43. The van der Waals surface area contributed by atoms with Gasteiger partial charge in [-0.1, -0.05) is 0 Å². The Morgan fingerprint density at radius 1 is 1.50 bits per heavy atom. The van der Waals surface area contributed by atoms with Crippen LogP contribution in [-0.4, -0.2) is 37.7 Å². The van der Waals surface area contributed by atoms with E-state index in [1.807, 2.05) is 6.92 Å². The van der Waals surface area contributed by atoms with Crippen LogP contribution in [0.15, 0.2) is 0 Å². The summed E-state index contributed by atoms with van der Waals surface area (Å²) in [4.78, 5) is 12.0. The number of amides is 1. The smallest absolute Gasteiger partial charge is 0.226 e. The summed E-state index contributed by atoms with van der Waals surface area (Å²) in [5.41, 5.74) is 0. The Morgan fingerprint density at radius 3 is 2.88 bits per heavy atom. The van der Waals surface area contributed by atoms with E-state index in [4.69, 9.17) is 4.74 Å². The Bertz CT molecular complexity index is 251. The SMILES string of the molecule is CC(NC(=O)C1CCOC1C)C1CCNC1. The van der Waals surface area contributed by atoms with E-state index in [-0.39, 0.29) is 24.0 Å². The Hall–Kier alpha value is -0.610. The summed E-state index contributed by atoms with van der Waals surface area (Å²) < 4.78 is 5.42. The van der Waals surface area contributed by atoms with Crippen LogP contribution in [0, 0.1) is 11.8 Å². The van der Waals surface area contributed by atoms with Gasteiger partial charge in [-0.2, -0.15) is 0 Å². The third kappa shape index (κ3) is 2.55. The van der Waals surface area contributed by atoms with Gasteiger partial charge in [0.15, 0.2) is 0 Å². The third-order valence-corrected chi connectivity index (χ3v) is 3.89. The number of rotatable bonds is 3. The predicted molar refractivity (Wildman–Crippen MR) is 62.1 cm³/mol. The number of carbonyl (C=O) groups excluding carboxylic acids is 1. The van der Waals surface area contributed by atoms with Crippen molar-refractivity contribution < 1.29 is 9.53 Å². The minimum Gasteiger partial charge on any atom is -0.378 e. The van der Waals surface area contributed by atoms with E-state index in [1.54, 1.807) is 0 Å². The zero-order valence-electron chi connectivity index (χ0n) is 10.2. The topological polar surface area (TPSA) is 50.4 Å². The van der Waals surface area contributed by atoms with Crippen molar-refractivity contribution in [3.63, 3.8) is 0 Å². The normalized spacial score (nSPS) is 36.2. The lowest BCUT2D eigenvalue weighted by Gasteiger charge is -2.22. The molecule has 16 heavy (non-hydrogen) atoms. The van der Waals surface area contributed by atoms with Gasteiger partial charge in [0.2, 0.25) is 5.91 Å². The van der Waals surface area contributed by atoms with Crippen molar-refractivity contribution in [1.29, 1.82) is 0 Å². The molecule has 2 N–H and O–H groups in total. The molecule has 0 aromatic carbocycles. The fourth-order valence-electron chi connectivity index (χ4n) is 2.63. The van der Waals surface area contributed by atoms with Crippen LogP contribution in [0.1, 0.15) is 26.7 Å². The summed E-state index contributed by atoms with van der Waals surface area (Å²) in [7, 11) is 0. The van der Waals surface area contributed by atoms with Gasteiger partial charge in [-0.3, -0.25) is 4.79 Å². The second-order valence-electron chi connectivity index (χ2n) is 5.02. The third-order valence-electron chi connectivity index (χ3n) is 3.89. The van der Waals surface area contributed by atoms with Crippen LogP contribution in [0.4, 0.5) is 0 Å². The van der Waals surface area contributed by atoms with Gasteiger partial charge in [-0.25, -0.2) is 0 Å². The Morgan fingerprint density at radius 2 is 2.31 bits per heavy atom. The lowest BCUT2D eigenvalue weighted by atomic mass is 9.97. The minimum atomic E-state index is 0.0526. The molecule has 0 aliphatic carbocycles. The van der Waals surface area contributed by atoms with Crippen molar-refractivity contribution in [2.24, 2.45) is 11.8 Å². The van der Waals surface area contributed by atoms with Crippen molar-refractivity contribution in [3.8, 4) is 0 Å². The maximum Gasteiger partial charge on any atom is 0.226 e. The molecule has 0 bridgehead atoms. The van der Waals surface area contributed by atoms with Crippen molar-refractivity contribution >= 4 is 5.91 Å². The molecule has 4 nitrogen and oxygen atoms in total. The molecular weight excluding hydrogens is 204 g/mol. The zero-order chi connectivity index (χ0) is 11.5. The Balaban J connectivity index is 1.81. The highest BCUT2D eigenvalue weighted by Crippen LogP contribution is 2.21. The van der Waals surface area contributed by atoms with E-state index in [2.05, 4.69) is 17.6 Å². The molecule has 4 unspecified atom stereocenters. The van der Waals surface area contributed by atoms with Gasteiger partial charge in [-0.15, -0.1) is 0 Å². The molecule has 2 heterocycles. The second kappa shape index (κ2) is 5.15. The van der Waals surface area contributed by atoms with Crippen LogP contribution in [0.25, 0.3) is 0 Å². The molecule has 1 amide bonds. The van der Waals surface area contributed by atoms with Crippen LogP contribution in [0.2, 0.25) is 0 Å². The second-order valence-corrected chi connectivity index (χ2v) is 5.02. The molecule has 2 fully saturated rings. The van der Waals surface area contributed by atoms with E-state index in [0.29, 0.717) is 5.92 Å². The predicted octanol–water partition coefficient (Wildman–Crippen LogP) is 0.526. The van der Waals surface area contributed by atoms with E-state index >= 15 is 0 Å². The van der Waals surface area contributed by atoms with Gasteiger partial charge < -0.3 is 15.4 Å². The Labute approximate surface area is 97.1 Å². The monoisotopic (exact) mass is 226 g/mol. The first-order valence-electron chi connectivity index (χ1n) is 6.31. The maximum atomic E-state index is 12.0. The molecule has 2 aliphatic rings. The molecule has 2 aliphatic heterocycles. The molecule has 0 aromatic heterocycles. The summed E-state index contributed by atoms with van der Waals surface area (Å²) in [6, 6.07) is 0.273. The summed E-state index contributed by atoms with van der Waals surface area (Å²) >= 11 is 0. The van der Waals surface area contributed by atoms with Gasteiger partial charge in [0.25, 0.3) is 0 Å². The van der Waals surface area contributed by atoms with E-state index in [9.17, 15) is 4.79 Å². The number of nitrogens with one attached hydrogen (secondary N) is 2. The fraction of sp³-hybridized carbons (Fsp3) is 0.917. The number of hydrogen-bond acceptors (Lipinski definition) is 3. The molecular formula is C12H22N2O2. The molecule has 2 rings (SSSR count). The van der Waals surface area contributed by atoms with Crippen molar-refractivity contribution in [1.82, 2.24) is 10.6 Å². The Kier molecular flexibility index (Phi) is 3.82. The largest absolute Gasteiger partial charge is 0.378 e. The highest BCUT2D eigenvalue weighted by atomic mass is 16.5. The van der Waals surface area contributed by atoms with Crippen LogP contribution in [0.3, 0.4) is 0 Å². The fourth-order valence-corrected chi connectivity index (χ4v) is 2.63. The van der Waals surface area contributed by atoms with Crippen LogP contribution < -0.4 is 10.6 Å². The number of carbonyl (C=O) groups is 1. The standard InChI is InChI=1S/C12H22N2O2/c1-8(10-3-5-13-7-10)14-12(15)11-4-6-16-9(11)2/h8-11,13H,3-7H2,1-2H3,(H,14,15). The molecule has 2 saturated heterocycles. The van der Waals surface area contributed by atoms with Crippen LogP contribution in [-0.2, 0) is 9.53 Å². The van der Waals surface area contributed by atoms with E-state index in [0.717, 1.165) is 32.5 Å². The summed E-state index contributed by atoms with van der Waals surface area (Å²) in [5, 5.41) is 6.46. The maximum absolute atomic E-state index is 12.0. The quantitative estimate of drug-likeness (QED) is 0.738. The number of ether oxygens (including phenoxy) is 1. The molecule has 0 saturated carbocycles. The van der Waals surface area contributed by atoms with E-state index in [1.165, 1.54) is 0 Å². The summed E-state index contributed by atoms with van der Waals surface area (Å²) in [6.45, 7) is 6.92. The zero-order valence-corrected chi connectivity index (χ0v) is 10.2. The van der Waals surface area contributed by atoms with Gasteiger partial charge >= 0.3 is 0 Å². The summed E-state index contributed by atoms with van der Waals surface area (Å²) in [6.07, 6.45) is 2.11. The van der Waals surface area contributed by atoms with Crippen molar-refractivity contribution in [3.05, 3.63) is 0 Å². The molecule has 4 heteroatoms. The van der Waals surface area contributed by atoms with Crippen LogP contribution >= 0.6 is 0 Å². The molecule has 0 aromatic rings. The molecule has 0 spiro atoms. The highest BCUT2D eigenvalue weighted by Gasteiger charge is 2.32. The van der Waals surface area contributed by atoms with Gasteiger partial charge in [0.05, 0.1) is 12.0 Å². The molecule has 92 valence electrons. The highest BCUT2D eigenvalue weighted by molar-refractivity contribution is 5.79. The first-order chi connectivity index (χ1) is 7.68. The van der Waals surface area contributed by atoms with Crippen molar-refractivity contribution in [2.75, 3.05) is 19.7 Å². The van der Waals surface area contributed by atoms with Crippen LogP contribution in [0.5, 0.6) is 0 Å². The minimum absolute atomic E-state index is 0.0526. The average molecular weight is 226 g/mol.